The molecule has 1 aliphatic carbocycles. The van der Waals surface area contributed by atoms with E-state index in [0.717, 1.165) is 82.3 Å². The Labute approximate surface area is 270 Å². The van der Waals surface area contributed by atoms with E-state index in [1.54, 1.807) is 12.1 Å². The second-order valence-corrected chi connectivity index (χ2v) is 12.5. The Bertz CT molecular complexity index is 1140. The molecule has 0 bridgehead atoms. The molecular formula is C36H54ClN3O4. The first-order valence-corrected chi connectivity index (χ1v) is 16.8. The van der Waals surface area contributed by atoms with Gasteiger partial charge in [-0.05, 0) is 93.9 Å². The number of Topliss-reactive ketones (excluding diaryl/α,β-unsaturated/α-hetero) is 1. The van der Waals surface area contributed by atoms with Crippen molar-refractivity contribution in [1.29, 1.82) is 0 Å². The van der Waals surface area contributed by atoms with Crippen molar-refractivity contribution in [3.8, 4) is 5.75 Å². The summed E-state index contributed by atoms with van der Waals surface area (Å²) in [5.74, 6) is 0.825. The van der Waals surface area contributed by atoms with Gasteiger partial charge >= 0.3 is 0 Å². The number of aromatic hydroxyl groups is 1. The number of benzene rings is 2. The average molecular weight is 628 g/mol. The highest BCUT2D eigenvalue weighted by Gasteiger charge is 2.42. The topological polar surface area (TPSA) is 98.7 Å². The Hall–Kier alpha value is -2.90. The van der Waals surface area contributed by atoms with Crippen molar-refractivity contribution >= 4 is 35.3 Å². The van der Waals surface area contributed by atoms with Crippen LogP contribution in [0.2, 0.25) is 5.02 Å². The lowest BCUT2D eigenvalue weighted by Crippen LogP contribution is -2.49. The molecule has 8 heteroatoms. The average Bonchev–Trinajstić information content (AvgIpc) is 3.52. The van der Waals surface area contributed by atoms with E-state index in [0.29, 0.717) is 25.0 Å². The second kappa shape index (κ2) is 19.5. The van der Waals surface area contributed by atoms with Crippen LogP contribution in [-0.4, -0.2) is 60.7 Å². The Morgan fingerprint density at radius 2 is 1.73 bits per heavy atom. The van der Waals surface area contributed by atoms with Crippen molar-refractivity contribution in [3.05, 3.63) is 58.6 Å². The van der Waals surface area contributed by atoms with Crippen LogP contribution < -0.4 is 10.6 Å². The maximum atomic E-state index is 13.7. The third-order valence-electron chi connectivity index (χ3n) is 9.17. The van der Waals surface area contributed by atoms with Gasteiger partial charge in [-0.25, -0.2) is 0 Å². The third-order valence-corrected chi connectivity index (χ3v) is 9.50. The molecule has 2 aromatic carbocycles. The van der Waals surface area contributed by atoms with Gasteiger partial charge in [0.2, 0.25) is 5.91 Å². The van der Waals surface area contributed by atoms with E-state index in [-0.39, 0.29) is 33.4 Å². The number of halogens is 1. The fraction of sp³-hybridized carbons (Fsp3) is 0.583. The highest BCUT2D eigenvalue weighted by Crippen LogP contribution is 2.43. The summed E-state index contributed by atoms with van der Waals surface area (Å²) in [5.41, 5.74) is 1.98. The van der Waals surface area contributed by atoms with Gasteiger partial charge in [-0.15, -0.1) is 0 Å². The predicted octanol–water partition coefficient (Wildman–Crippen LogP) is 7.69. The summed E-state index contributed by atoms with van der Waals surface area (Å²) in [4.78, 5) is 39.6. The van der Waals surface area contributed by atoms with Gasteiger partial charge in [0.15, 0.2) is 12.1 Å². The van der Waals surface area contributed by atoms with Gasteiger partial charge < -0.3 is 20.6 Å². The van der Waals surface area contributed by atoms with E-state index < -0.39 is 6.04 Å². The molecule has 7 nitrogen and oxygen atoms in total. The molecule has 1 amide bonds. The maximum absolute atomic E-state index is 13.7. The van der Waals surface area contributed by atoms with Crippen LogP contribution in [0, 0.1) is 11.3 Å². The Morgan fingerprint density at radius 3 is 2.25 bits per heavy atom. The van der Waals surface area contributed by atoms with Gasteiger partial charge in [0.25, 0.3) is 0 Å². The zero-order chi connectivity index (χ0) is 32.5. The molecule has 0 saturated heterocycles. The van der Waals surface area contributed by atoms with Gasteiger partial charge in [0, 0.05) is 24.6 Å². The summed E-state index contributed by atoms with van der Waals surface area (Å²) in [6.07, 6.45) is 9.73. The molecule has 0 aliphatic heterocycles. The number of hydrogen-bond donors (Lipinski definition) is 3. The first-order valence-electron chi connectivity index (χ1n) is 16.4. The van der Waals surface area contributed by atoms with Crippen LogP contribution in [0.4, 0.5) is 5.69 Å². The Balaban J connectivity index is 0.000000569. The van der Waals surface area contributed by atoms with Crippen LogP contribution >= 0.6 is 11.6 Å². The van der Waals surface area contributed by atoms with Crippen molar-refractivity contribution in [2.45, 2.75) is 97.9 Å². The summed E-state index contributed by atoms with van der Waals surface area (Å²) in [6.45, 7) is 11.7. The molecule has 244 valence electrons. The summed E-state index contributed by atoms with van der Waals surface area (Å²) >= 11 is 5.54. The molecule has 3 N–H and O–H groups in total. The SMILES string of the molecule is CCC(C)CCC1(C(=O)NC(Cc2ccc(NC)cc2)C(=O)CCCN(CC)CC)CCCC1.O=Cc1c(O)cccc1Cl. The van der Waals surface area contributed by atoms with Crippen LogP contribution in [0.25, 0.3) is 0 Å². The van der Waals surface area contributed by atoms with Crippen molar-refractivity contribution in [1.82, 2.24) is 10.2 Å². The fourth-order valence-corrected chi connectivity index (χ4v) is 6.02. The summed E-state index contributed by atoms with van der Waals surface area (Å²) in [6, 6.07) is 12.3. The van der Waals surface area contributed by atoms with Crippen LogP contribution in [0.15, 0.2) is 42.5 Å². The number of phenolic OH excluding ortho intramolecular Hbond substituents is 1. The number of nitrogens with one attached hydrogen (secondary N) is 2. The third kappa shape index (κ3) is 11.6. The second-order valence-electron chi connectivity index (χ2n) is 12.1. The molecule has 44 heavy (non-hydrogen) atoms. The highest BCUT2D eigenvalue weighted by molar-refractivity contribution is 6.33. The zero-order valence-corrected chi connectivity index (χ0v) is 28.2. The predicted molar refractivity (Wildman–Crippen MR) is 182 cm³/mol. The number of anilines is 1. The van der Waals surface area contributed by atoms with Gasteiger partial charge in [-0.2, -0.15) is 0 Å². The number of amides is 1. The fourth-order valence-electron chi connectivity index (χ4n) is 5.80. The number of carbonyl (C=O) groups is 3. The van der Waals surface area contributed by atoms with Crippen molar-refractivity contribution in [2.24, 2.45) is 11.3 Å². The lowest BCUT2D eigenvalue weighted by molar-refractivity contribution is -0.135. The van der Waals surface area contributed by atoms with Gasteiger partial charge in [-0.3, -0.25) is 14.4 Å². The molecule has 0 spiro atoms. The van der Waals surface area contributed by atoms with Crippen LogP contribution in [0.5, 0.6) is 5.75 Å². The summed E-state index contributed by atoms with van der Waals surface area (Å²) in [5, 5.41) is 15.7. The van der Waals surface area contributed by atoms with Crippen LogP contribution in [-0.2, 0) is 16.0 Å². The smallest absolute Gasteiger partial charge is 0.226 e. The van der Waals surface area contributed by atoms with Crippen LogP contribution in [0.3, 0.4) is 0 Å². The van der Waals surface area contributed by atoms with Crippen molar-refractivity contribution < 1.29 is 19.5 Å². The normalized spacial score (nSPS) is 15.2. The molecule has 2 aromatic rings. The highest BCUT2D eigenvalue weighted by atomic mass is 35.5. The van der Waals surface area contributed by atoms with Crippen molar-refractivity contribution in [2.75, 3.05) is 32.0 Å². The molecule has 1 saturated carbocycles. The Kier molecular flexibility index (Phi) is 16.5. The number of nitrogens with zero attached hydrogens (tertiary/aromatic N) is 1. The monoisotopic (exact) mass is 627 g/mol. The maximum Gasteiger partial charge on any atom is 0.226 e. The molecular weight excluding hydrogens is 574 g/mol. The van der Waals surface area contributed by atoms with E-state index >= 15 is 0 Å². The number of ketones is 1. The Morgan fingerprint density at radius 1 is 1.07 bits per heavy atom. The minimum atomic E-state index is -0.453. The first-order chi connectivity index (χ1) is 21.1. The zero-order valence-electron chi connectivity index (χ0n) is 27.5. The van der Waals surface area contributed by atoms with E-state index in [9.17, 15) is 14.4 Å². The lowest BCUT2D eigenvalue weighted by atomic mass is 9.78. The number of phenols is 1. The van der Waals surface area contributed by atoms with E-state index in [1.165, 1.54) is 6.07 Å². The lowest BCUT2D eigenvalue weighted by Gasteiger charge is -2.31. The quantitative estimate of drug-likeness (QED) is 0.156. The van der Waals surface area contributed by atoms with E-state index in [1.807, 2.05) is 19.2 Å². The summed E-state index contributed by atoms with van der Waals surface area (Å²) < 4.78 is 0. The largest absolute Gasteiger partial charge is 0.507 e. The van der Waals surface area contributed by atoms with Crippen LogP contribution in [0.1, 0.15) is 101 Å². The minimum Gasteiger partial charge on any atom is -0.507 e. The number of rotatable bonds is 17. The number of hydrogen-bond acceptors (Lipinski definition) is 6. The number of aldehydes is 1. The first kappa shape index (κ1) is 37.3. The van der Waals surface area contributed by atoms with E-state index in [4.69, 9.17) is 16.7 Å². The minimum absolute atomic E-state index is 0.0810. The molecule has 1 fully saturated rings. The van der Waals surface area contributed by atoms with E-state index in [2.05, 4.69) is 55.4 Å². The molecule has 2 unspecified atom stereocenters. The standard InChI is InChI=1S/C29H49N3O2.C7H5ClO2/c1-6-23(4)17-20-29(18-9-10-19-29)28(34)31-26(22-24-13-15-25(30-5)16-14-24)27(33)12-11-21-32(7-2)8-3;8-6-2-1-3-7(10)5(6)4-9/h13-16,23,26,30H,6-12,17-22H2,1-5H3,(H,31,34);1-4,10H. The molecule has 0 radical (unpaired) electrons. The number of carbonyl (C=O) groups excluding carboxylic acids is 3. The molecule has 0 heterocycles. The molecule has 2 atom stereocenters. The van der Waals surface area contributed by atoms with Gasteiger partial charge in [-0.1, -0.05) is 76.8 Å². The van der Waals surface area contributed by atoms with Gasteiger partial charge in [0.05, 0.1) is 16.6 Å². The summed E-state index contributed by atoms with van der Waals surface area (Å²) in [7, 11) is 1.90. The molecule has 1 aliphatic rings. The molecule has 3 rings (SSSR count). The molecule has 0 aromatic heterocycles. The van der Waals surface area contributed by atoms with Gasteiger partial charge in [0.1, 0.15) is 5.75 Å². The van der Waals surface area contributed by atoms with Crippen molar-refractivity contribution in [3.63, 3.8) is 0 Å².